The zero-order chi connectivity index (χ0) is 13.2. The minimum absolute atomic E-state index is 0.115. The standard InChI is InChI=1S/C9H5ClN6O2S/c10-7-6(13-15-19-7)4-16-8(14-18-9(16)17)5-3-11-1-2-12-5/h1-3H,4H2. The Morgan fingerprint density at radius 2 is 2.32 bits per heavy atom. The van der Waals surface area contributed by atoms with Gasteiger partial charge in [-0.2, -0.15) is 0 Å². The van der Waals surface area contributed by atoms with Gasteiger partial charge in [-0.25, -0.2) is 14.3 Å². The molecule has 0 N–H and O–H groups in total. The lowest BCUT2D eigenvalue weighted by molar-refractivity contribution is 0.378. The van der Waals surface area contributed by atoms with E-state index >= 15 is 0 Å². The molecule has 0 spiro atoms. The molecule has 0 amide bonds. The minimum Gasteiger partial charge on any atom is -0.295 e. The molecule has 3 rings (SSSR count). The highest BCUT2D eigenvalue weighted by atomic mass is 35.5. The van der Waals surface area contributed by atoms with Crippen LogP contribution in [0.5, 0.6) is 0 Å². The first-order valence-electron chi connectivity index (χ1n) is 5.05. The average molecular weight is 297 g/mol. The second-order valence-electron chi connectivity index (χ2n) is 3.44. The van der Waals surface area contributed by atoms with Gasteiger partial charge in [-0.05, 0) is 0 Å². The third-order valence-corrected chi connectivity index (χ3v) is 3.28. The van der Waals surface area contributed by atoms with Gasteiger partial charge >= 0.3 is 5.76 Å². The fourth-order valence-corrected chi connectivity index (χ4v) is 2.06. The van der Waals surface area contributed by atoms with Crippen LogP contribution in [-0.2, 0) is 6.54 Å². The summed E-state index contributed by atoms with van der Waals surface area (Å²) in [6.45, 7) is 0.115. The Labute approximate surface area is 114 Å². The predicted molar refractivity (Wildman–Crippen MR) is 65.8 cm³/mol. The van der Waals surface area contributed by atoms with Gasteiger partial charge in [0, 0.05) is 23.9 Å². The average Bonchev–Trinajstić information content (AvgIpc) is 2.99. The molecule has 0 radical (unpaired) electrons. The van der Waals surface area contributed by atoms with Crippen LogP contribution in [0.4, 0.5) is 0 Å². The van der Waals surface area contributed by atoms with Gasteiger partial charge in [0.2, 0.25) is 5.82 Å². The van der Waals surface area contributed by atoms with Crippen LogP contribution in [0.25, 0.3) is 11.5 Å². The van der Waals surface area contributed by atoms with Crippen molar-refractivity contribution in [2.75, 3.05) is 0 Å². The molecule has 0 saturated heterocycles. The fourth-order valence-electron chi connectivity index (χ4n) is 1.45. The molecule has 0 aromatic carbocycles. The molecule has 0 bridgehead atoms. The van der Waals surface area contributed by atoms with E-state index in [1.54, 1.807) is 0 Å². The lowest BCUT2D eigenvalue weighted by Crippen LogP contribution is -2.17. The van der Waals surface area contributed by atoms with Crippen LogP contribution >= 0.6 is 23.1 Å². The summed E-state index contributed by atoms with van der Waals surface area (Å²) in [7, 11) is 0. The summed E-state index contributed by atoms with van der Waals surface area (Å²) in [5.74, 6) is -0.355. The zero-order valence-corrected chi connectivity index (χ0v) is 10.8. The van der Waals surface area contributed by atoms with Crippen LogP contribution < -0.4 is 5.76 Å². The van der Waals surface area contributed by atoms with E-state index in [2.05, 4.69) is 29.2 Å². The zero-order valence-electron chi connectivity index (χ0n) is 9.23. The molecule has 0 unspecified atom stereocenters. The summed E-state index contributed by atoms with van der Waals surface area (Å²) in [6.07, 6.45) is 4.50. The van der Waals surface area contributed by atoms with Gasteiger partial charge in [0.05, 0.1) is 12.7 Å². The van der Waals surface area contributed by atoms with E-state index in [1.807, 2.05) is 0 Å². The third-order valence-electron chi connectivity index (χ3n) is 2.30. The lowest BCUT2D eigenvalue weighted by Gasteiger charge is -2.01. The molecule has 0 fully saturated rings. The van der Waals surface area contributed by atoms with Gasteiger partial charge in [0.1, 0.15) is 15.7 Å². The van der Waals surface area contributed by atoms with Gasteiger partial charge in [0.25, 0.3) is 0 Å². The highest BCUT2D eigenvalue weighted by Crippen LogP contribution is 2.19. The van der Waals surface area contributed by atoms with Gasteiger partial charge in [-0.15, -0.1) is 5.10 Å². The highest BCUT2D eigenvalue weighted by molar-refractivity contribution is 7.10. The Morgan fingerprint density at radius 1 is 1.42 bits per heavy atom. The van der Waals surface area contributed by atoms with Crippen LogP contribution in [0.3, 0.4) is 0 Å². The number of hydrogen-bond acceptors (Lipinski definition) is 8. The van der Waals surface area contributed by atoms with E-state index in [4.69, 9.17) is 11.6 Å². The molecule has 3 aromatic rings. The van der Waals surface area contributed by atoms with E-state index < -0.39 is 5.76 Å². The molecule has 0 atom stereocenters. The summed E-state index contributed by atoms with van der Waals surface area (Å²) in [6, 6.07) is 0. The van der Waals surface area contributed by atoms with Crippen molar-refractivity contribution in [3.8, 4) is 11.5 Å². The predicted octanol–water partition coefficient (Wildman–Crippen LogP) is 0.846. The molecular formula is C9H5ClN6O2S. The topological polar surface area (TPSA) is 99.6 Å². The van der Waals surface area contributed by atoms with Gasteiger partial charge in [-0.1, -0.05) is 21.2 Å². The van der Waals surface area contributed by atoms with E-state index in [0.717, 1.165) is 11.5 Å². The van der Waals surface area contributed by atoms with E-state index in [1.165, 1.54) is 23.2 Å². The molecule has 0 saturated carbocycles. The first-order chi connectivity index (χ1) is 9.25. The van der Waals surface area contributed by atoms with Crippen molar-refractivity contribution in [3.05, 3.63) is 39.2 Å². The Balaban J connectivity index is 2.05. The molecular weight excluding hydrogens is 292 g/mol. The summed E-state index contributed by atoms with van der Waals surface area (Å²) >= 11 is 6.95. The van der Waals surface area contributed by atoms with Crippen LogP contribution in [0, 0.1) is 0 Å². The van der Waals surface area contributed by atoms with E-state index in [-0.39, 0.29) is 12.4 Å². The van der Waals surface area contributed by atoms with Crippen molar-refractivity contribution in [3.63, 3.8) is 0 Å². The summed E-state index contributed by atoms with van der Waals surface area (Å²) in [4.78, 5) is 19.6. The number of aromatic nitrogens is 6. The highest BCUT2D eigenvalue weighted by Gasteiger charge is 2.17. The quantitative estimate of drug-likeness (QED) is 0.706. The number of halogens is 1. The van der Waals surface area contributed by atoms with Crippen molar-refractivity contribution in [1.29, 1.82) is 0 Å². The van der Waals surface area contributed by atoms with E-state index in [9.17, 15) is 4.79 Å². The third kappa shape index (κ3) is 2.25. The molecule has 0 aliphatic rings. The maximum absolute atomic E-state index is 11.6. The van der Waals surface area contributed by atoms with Crippen molar-refractivity contribution in [2.24, 2.45) is 0 Å². The second kappa shape index (κ2) is 4.86. The van der Waals surface area contributed by atoms with Crippen LogP contribution in [0.1, 0.15) is 5.69 Å². The van der Waals surface area contributed by atoms with Crippen molar-refractivity contribution >= 4 is 23.1 Å². The molecule has 0 aliphatic heterocycles. The fraction of sp³-hybridized carbons (Fsp3) is 0.111. The van der Waals surface area contributed by atoms with Crippen LogP contribution in [0.2, 0.25) is 4.34 Å². The van der Waals surface area contributed by atoms with Gasteiger partial charge < -0.3 is 0 Å². The summed E-state index contributed by atoms with van der Waals surface area (Å²) in [5, 5.41) is 7.52. The first kappa shape index (κ1) is 11.9. The maximum atomic E-state index is 11.6. The van der Waals surface area contributed by atoms with Crippen molar-refractivity contribution < 1.29 is 4.52 Å². The molecule has 96 valence electrons. The Hall–Kier alpha value is -2.13. The number of nitrogens with zero attached hydrogens (tertiary/aromatic N) is 6. The second-order valence-corrected chi connectivity index (χ2v) is 4.80. The SMILES string of the molecule is O=c1onc(-c2cnccn2)n1Cc1nnsc1Cl. The van der Waals surface area contributed by atoms with Crippen LogP contribution in [0.15, 0.2) is 27.9 Å². The van der Waals surface area contributed by atoms with Gasteiger partial charge in [0.15, 0.2) is 0 Å². The minimum atomic E-state index is -0.621. The normalized spacial score (nSPS) is 10.8. The van der Waals surface area contributed by atoms with Gasteiger partial charge in [-0.3, -0.25) is 9.51 Å². The van der Waals surface area contributed by atoms with Crippen LogP contribution in [-0.4, -0.2) is 29.3 Å². The first-order valence-corrected chi connectivity index (χ1v) is 6.20. The summed E-state index contributed by atoms with van der Waals surface area (Å²) in [5.41, 5.74) is 0.898. The number of hydrogen-bond donors (Lipinski definition) is 0. The molecule has 3 aromatic heterocycles. The molecule has 3 heterocycles. The molecule has 10 heteroatoms. The van der Waals surface area contributed by atoms with Crippen molar-refractivity contribution in [2.45, 2.75) is 6.54 Å². The monoisotopic (exact) mass is 296 g/mol. The molecule has 8 nitrogen and oxygen atoms in total. The maximum Gasteiger partial charge on any atom is 0.442 e. The number of rotatable bonds is 3. The lowest BCUT2D eigenvalue weighted by atomic mass is 10.4. The molecule has 19 heavy (non-hydrogen) atoms. The Kier molecular flexibility index (Phi) is 3.05. The molecule has 0 aliphatic carbocycles. The smallest absolute Gasteiger partial charge is 0.295 e. The van der Waals surface area contributed by atoms with Crippen molar-refractivity contribution in [1.82, 2.24) is 29.3 Å². The Morgan fingerprint density at radius 3 is 3.00 bits per heavy atom. The largest absolute Gasteiger partial charge is 0.442 e. The Bertz CT molecular complexity index is 751. The van der Waals surface area contributed by atoms with E-state index in [0.29, 0.717) is 15.7 Å². The summed E-state index contributed by atoms with van der Waals surface area (Å²) < 4.78 is 10.0.